The lowest BCUT2D eigenvalue weighted by Gasteiger charge is -2.43. The topological polar surface area (TPSA) is 101 Å². The molecule has 3 amide bonds. The second-order valence-corrected chi connectivity index (χ2v) is 10.5. The molecule has 2 aromatic rings. The number of alkyl halides is 3. The monoisotopic (exact) mass is 602 g/mol. The Labute approximate surface area is 247 Å². The number of nitrogens with one attached hydrogen (secondary N) is 1. The van der Waals surface area contributed by atoms with E-state index < -0.39 is 29.8 Å². The lowest BCUT2D eigenvalue weighted by Crippen LogP contribution is -2.56. The summed E-state index contributed by atoms with van der Waals surface area (Å²) in [7, 11) is 0. The van der Waals surface area contributed by atoms with Crippen molar-refractivity contribution in [3.05, 3.63) is 70.4 Å². The first-order chi connectivity index (χ1) is 20.5. The van der Waals surface area contributed by atoms with Gasteiger partial charge in [-0.2, -0.15) is 13.2 Å². The third kappa shape index (κ3) is 6.12. The molecule has 10 nitrogen and oxygen atoms in total. The molecule has 0 radical (unpaired) electrons. The van der Waals surface area contributed by atoms with Crippen molar-refractivity contribution in [2.45, 2.75) is 39.0 Å². The van der Waals surface area contributed by atoms with Gasteiger partial charge in [0.25, 0.3) is 5.91 Å². The normalized spacial score (nSPS) is 20.7. The molecule has 43 heavy (non-hydrogen) atoms. The average molecular weight is 603 g/mol. The smallest absolute Gasteiger partial charge is 0.416 e. The number of hydrogen-bond donors (Lipinski definition) is 1. The van der Waals surface area contributed by atoms with Gasteiger partial charge in [0.2, 0.25) is 6.79 Å². The van der Waals surface area contributed by atoms with Gasteiger partial charge >= 0.3 is 18.2 Å². The fourth-order valence-corrected chi connectivity index (χ4v) is 5.66. The highest BCUT2D eigenvalue weighted by Crippen LogP contribution is 2.36. The maximum atomic E-state index is 13.4. The molecule has 3 heterocycles. The van der Waals surface area contributed by atoms with Gasteiger partial charge < -0.3 is 24.4 Å². The summed E-state index contributed by atoms with van der Waals surface area (Å²) in [5.41, 5.74) is 0.548. The van der Waals surface area contributed by atoms with Crippen LogP contribution in [0.1, 0.15) is 48.3 Å². The van der Waals surface area contributed by atoms with E-state index in [0.717, 1.165) is 12.1 Å². The standard InChI is InChI=1S/C30H33F3N4O6/c1-4-36-22(16-35-12-13-37(18(3)15-35)27(38)20-8-11-23-24(14-20)43-17-42-23)25(28(39)41-5-2)26(34-29(36)40)19-6-9-21(10-7-19)30(31,32)33/h6-11,14,18,26H,4-5,12-13,15-17H2,1-3H3,(H,34,40)/t18-,26-/m0/s1. The molecule has 2 atom stereocenters. The highest BCUT2D eigenvalue weighted by Gasteiger charge is 2.40. The van der Waals surface area contributed by atoms with Crippen molar-refractivity contribution >= 4 is 17.9 Å². The maximum Gasteiger partial charge on any atom is 0.416 e. The van der Waals surface area contributed by atoms with Crippen LogP contribution in [0.5, 0.6) is 11.5 Å². The summed E-state index contributed by atoms with van der Waals surface area (Å²) >= 11 is 0. The minimum absolute atomic E-state index is 0.0765. The summed E-state index contributed by atoms with van der Waals surface area (Å²) < 4.78 is 55.7. The zero-order valence-electron chi connectivity index (χ0n) is 24.1. The highest BCUT2D eigenvalue weighted by atomic mass is 19.4. The number of hydrogen-bond acceptors (Lipinski definition) is 7. The Morgan fingerprint density at radius 2 is 1.77 bits per heavy atom. The van der Waals surface area contributed by atoms with Crippen LogP contribution in [0, 0.1) is 0 Å². The van der Waals surface area contributed by atoms with Crippen molar-refractivity contribution in [2.24, 2.45) is 0 Å². The highest BCUT2D eigenvalue weighted by molar-refractivity contribution is 5.96. The Hall–Kier alpha value is -4.26. The fourth-order valence-electron chi connectivity index (χ4n) is 5.66. The summed E-state index contributed by atoms with van der Waals surface area (Å²) in [6, 6.07) is 7.77. The van der Waals surface area contributed by atoms with Crippen LogP contribution < -0.4 is 14.8 Å². The van der Waals surface area contributed by atoms with Crippen molar-refractivity contribution in [2.75, 3.05) is 46.1 Å². The summed E-state index contributed by atoms with van der Waals surface area (Å²) in [5.74, 6) is 0.303. The van der Waals surface area contributed by atoms with Gasteiger partial charge in [-0.15, -0.1) is 0 Å². The van der Waals surface area contributed by atoms with Gasteiger partial charge in [0, 0.05) is 50.0 Å². The Balaban J connectivity index is 1.40. The third-order valence-corrected chi connectivity index (χ3v) is 7.79. The van der Waals surface area contributed by atoms with Crippen molar-refractivity contribution in [3.8, 4) is 11.5 Å². The summed E-state index contributed by atoms with van der Waals surface area (Å²) in [4.78, 5) is 45.2. The van der Waals surface area contributed by atoms with E-state index in [0.29, 0.717) is 48.0 Å². The van der Waals surface area contributed by atoms with Gasteiger partial charge in [-0.25, -0.2) is 9.59 Å². The number of fused-ring (bicyclic) bond motifs is 1. The molecule has 0 bridgehead atoms. The number of halogens is 3. The molecule has 2 aromatic carbocycles. The minimum Gasteiger partial charge on any atom is -0.463 e. The van der Waals surface area contributed by atoms with E-state index in [4.69, 9.17) is 14.2 Å². The van der Waals surface area contributed by atoms with Crippen molar-refractivity contribution in [1.82, 2.24) is 20.0 Å². The molecule has 230 valence electrons. The number of carbonyl (C=O) groups excluding carboxylic acids is 3. The van der Waals surface area contributed by atoms with Crippen LogP contribution in [0.4, 0.5) is 18.0 Å². The van der Waals surface area contributed by atoms with Gasteiger partial charge in [0.1, 0.15) is 0 Å². The first-order valence-corrected chi connectivity index (χ1v) is 14.1. The number of urea groups is 1. The van der Waals surface area contributed by atoms with Crippen LogP contribution in [-0.2, 0) is 15.7 Å². The molecular weight excluding hydrogens is 569 g/mol. The lowest BCUT2D eigenvalue weighted by molar-refractivity contribution is -0.139. The van der Waals surface area contributed by atoms with E-state index in [1.54, 1.807) is 36.9 Å². The Morgan fingerprint density at radius 1 is 1.05 bits per heavy atom. The second-order valence-electron chi connectivity index (χ2n) is 10.5. The molecule has 13 heteroatoms. The number of rotatable bonds is 7. The molecule has 0 spiro atoms. The summed E-state index contributed by atoms with van der Waals surface area (Å²) in [6.07, 6.45) is -4.53. The molecular formula is C30H33F3N4O6. The van der Waals surface area contributed by atoms with E-state index in [1.807, 2.05) is 11.8 Å². The SMILES string of the molecule is CCOC(=O)C1=C(CN2CCN(C(=O)c3ccc4c(c3)OCO4)[C@@H](C)C2)N(CC)C(=O)N[C@H]1c1ccc(C(F)(F)F)cc1. The van der Waals surface area contributed by atoms with Gasteiger partial charge in [0.05, 0.1) is 23.8 Å². The van der Waals surface area contributed by atoms with Crippen LogP contribution in [0.25, 0.3) is 0 Å². The number of esters is 1. The molecule has 0 aromatic heterocycles. The maximum absolute atomic E-state index is 13.4. The van der Waals surface area contributed by atoms with E-state index in [1.165, 1.54) is 17.0 Å². The van der Waals surface area contributed by atoms with Crippen LogP contribution in [0.2, 0.25) is 0 Å². The van der Waals surface area contributed by atoms with Crippen LogP contribution in [0.3, 0.4) is 0 Å². The van der Waals surface area contributed by atoms with Crippen molar-refractivity contribution in [1.29, 1.82) is 0 Å². The zero-order chi connectivity index (χ0) is 30.9. The molecule has 1 saturated heterocycles. The minimum atomic E-state index is -4.53. The van der Waals surface area contributed by atoms with Crippen molar-refractivity contribution in [3.63, 3.8) is 0 Å². The Morgan fingerprint density at radius 3 is 2.42 bits per heavy atom. The largest absolute Gasteiger partial charge is 0.463 e. The van der Waals surface area contributed by atoms with E-state index in [9.17, 15) is 27.6 Å². The van der Waals surface area contributed by atoms with Gasteiger partial charge in [0.15, 0.2) is 11.5 Å². The average Bonchev–Trinajstić information content (AvgIpc) is 3.45. The Bertz CT molecular complexity index is 1430. The number of carbonyl (C=O) groups is 3. The molecule has 1 fully saturated rings. The second kappa shape index (κ2) is 12.2. The van der Waals surface area contributed by atoms with Crippen LogP contribution >= 0.6 is 0 Å². The molecule has 3 aliphatic heterocycles. The van der Waals surface area contributed by atoms with Crippen LogP contribution in [0.15, 0.2) is 53.7 Å². The number of amides is 3. The molecule has 0 aliphatic carbocycles. The predicted molar refractivity (Wildman–Crippen MR) is 148 cm³/mol. The third-order valence-electron chi connectivity index (χ3n) is 7.79. The molecule has 5 rings (SSSR count). The zero-order valence-corrected chi connectivity index (χ0v) is 24.1. The van der Waals surface area contributed by atoms with Gasteiger partial charge in [-0.3, -0.25) is 14.6 Å². The Kier molecular flexibility index (Phi) is 8.54. The van der Waals surface area contributed by atoms with E-state index >= 15 is 0 Å². The number of likely N-dealkylation sites (N-methyl/N-ethyl adjacent to an activating group) is 1. The molecule has 3 aliphatic rings. The molecule has 1 N–H and O–H groups in total. The number of ether oxygens (including phenoxy) is 3. The fraction of sp³-hybridized carbons (Fsp3) is 0.433. The van der Waals surface area contributed by atoms with Crippen molar-refractivity contribution < 1.29 is 41.8 Å². The molecule has 0 unspecified atom stereocenters. The first kappa shape index (κ1) is 30.2. The number of nitrogens with zero attached hydrogens (tertiary/aromatic N) is 3. The van der Waals surface area contributed by atoms with Crippen LogP contribution in [-0.4, -0.2) is 84.8 Å². The van der Waals surface area contributed by atoms with E-state index in [2.05, 4.69) is 5.32 Å². The predicted octanol–water partition coefficient (Wildman–Crippen LogP) is 4.18. The van der Waals surface area contributed by atoms with Gasteiger partial charge in [-0.05, 0) is 56.7 Å². The summed E-state index contributed by atoms with van der Waals surface area (Å²) in [6.45, 7) is 7.30. The first-order valence-electron chi connectivity index (χ1n) is 14.1. The summed E-state index contributed by atoms with van der Waals surface area (Å²) in [5, 5.41) is 2.77. The van der Waals surface area contributed by atoms with E-state index in [-0.39, 0.29) is 44.0 Å². The quantitative estimate of drug-likeness (QED) is 0.475. The molecule has 0 saturated carbocycles. The van der Waals surface area contributed by atoms with Gasteiger partial charge in [-0.1, -0.05) is 12.1 Å². The lowest BCUT2D eigenvalue weighted by atomic mass is 9.93. The number of piperazine rings is 1. The number of benzene rings is 2.